The number of methoxy groups -OCH3 is 2. The molecule has 0 atom stereocenters. The summed E-state index contributed by atoms with van der Waals surface area (Å²) >= 11 is 0. The van der Waals surface area contributed by atoms with Crippen molar-refractivity contribution >= 4 is 0 Å². The van der Waals surface area contributed by atoms with Crippen molar-refractivity contribution in [3.05, 3.63) is 18.0 Å². The van der Waals surface area contributed by atoms with Crippen LogP contribution in [0.15, 0.2) is 12.3 Å². The number of aromatic nitrogens is 1. The molecule has 1 N–H and O–H groups in total. The number of nitrogens with zero attached hydrogens (tertiary/aromatic N) is 1. The average molecular weight is 278 g/mol. The Morgan fingerprint density at radius 3 is 2.45 bits per heavy atom. The van der Waals surface area contributed by atoms with E-state index in [9.17, 15) is 0 Å². The van der Waals surface area contributed by atoms with E-state index >= 15 is 0 Å². The molecule has 0 saturated heterocycles. The minimum absolute atomic E-state index is 0.605. The van der Waals surface area contributed by atoms with Crippen molar-refractivity contribution in [1.29, 1.82) is 0 Å². The standard InChI is InChI=1S/C16H26N2O2/c1-19-15-10-11-17-14(16(15)20-2)12-18-13-8-6-4-3-5-7-9-13/h10-11,13,18H,3-9,12H2,1-2H3. The van der Waals surface area contributed by atoms with Gasteiger partial charge in [-0.05, 0) is 12.8 Å². The first-order valence-electron chi connectivity index (χ1n) is 7.64. The highest BCUT2D eigenvalue weighted by Crippen LogP contribution is 2.29. The van der Waals surface area contributed by atoms with Crippen molar-refractivity contribution in [3.8, 4) is 11.5 Å². The third kappa shape index (κ3) is 4.10. The van der Waals surface area contributed by atoms with Crippen LogP contribution in [0.5, 0.6) is 11.5 Å². The summed E-state index contributed by atoms with van der Waals surface area (Å²) in [6.07, 6.45) is 11.1. The second-order valence-electron chi connectivity index (χ2n) is 5.42. The molecule has 1 fully saturated rings. The molecule has 1 aromatic heterocycles. The molecule has 1 aromatic rings. The summed E-state index contributed by atoms with van der Waals surface area (Å²) in [4.78, 5) is 4.42. The normalized spacial score (nSPS) is 17.3. The van der Waals surface area contributed by atoms with E-state index in [0.29, 0.717) is 6.04 Å². The third-order valence-corrected chi connectivity index (χ3v) is 4.03. The van der Waals surface area contributed by atoms with Crippen LogP contribution in [0.3, 0.4) is 0 Å². The highest BCUT2D eigenvalue weighted by molar-refractivity contribution is 5.42. The number of hydrogen-bond acceptors (Lipinski definition) is 4. The second-order valence-corrected chi connectivity index (χ2v) is 5.42. The molecule has 1 heterocycles. The van der Waals surface area contributed by atoms with Crippen LogP contribution in [0.2, 0.25) is 0 Å². The summed E-state index contributed by atoms with van der Waals surface area (Å²) in [5, 5.41) is 3.63. The minimum Gasteiger partial charge on any atom is -0.493 e. The van der Waals surface area contributed by atoms with E-state index in [1.807, 2.05) is 6.07 Å². The summed E-state index contributed by atoms with van der Waals surface area (Å²) < 4.78 is 10.7. The lowest BCUT2D eigenvalue weighted by molar-refractivity contribution is 0.343. The maximum absolute atomic E-state index is 5.42. The Morgan fingerprint density at radius 1 is 1.10 bits per heavy atom. The van der Waals surface area contributed by atoms with Crippen LogP contribution >= 0.6 is 0 Å². The van der Waals surface area contributed by atoms with Gasteiger partial charge in [0.1, 0.15) is 0 Å². The van der Waals surface area contributed by atoms with Crippen molar-refractivity contribution in [2.75, 3.05) is 14.2 Å². The zero-order valence-electron chi connectivity index (χ0n) is 12.7. The van der Waals surface area contributed by atoms with E-state index in [0.717, 1.165) is 23.7 Å². The number of ether oxygens (including phenoxy) is 2. The Balaban J connectivity index is 1.95. The lowest BCUT2D eigenvalue weighted by Gasteiger charge is -2.21. The zero-order chi connectivity index (χ0) is 14.2. The molecule has 112 valence electrons. The summed E-state index contributed by atoms with van der Waals surface area (Å²) in [6.45, 7) is 0.741. The summed E-state index contributed by atoms with van der Waals surface area (Å²) in [7, 11) is 3.32. The van der Waals surface area contributed by atoms with Crippen LogP contribution < -0.4 is 14.8 Å². The van der Waals surface area contributed by atoms with Crippen molar-refractivity contribution < 1.29 is 9.47 Å². The van der Waals surface area contributed by atoms with Gasteiger partial charge in [0, 0.05) is 24.8 Å². The third-order valence-electron chi connectivity index (χ3n) is 4.03. The molecule has 2 rings (SSSR count). The molecule has 1 saturated carbocycles. The molecule has 4 nitrogen and oxygen atoms in total. The first-order valence-corrected chi connectivity index (χ1v) is 7.64. The quantitative estimate of drug-likeness (QED) is 0.897. The average Bonchev–Trinajstić information content (AvgIpc) is 2.45. The molecule has 4 heteroatoms. The molecule has 0 aromatic carbocycles. The molecule has 20 heavy (non-hydrogen) atoms. The van der Waals surface area contributed by atoms with Crippen LogP contribution in [0.4, 0.5) is 0 Å². The van der Waals surface area contributed by atoms with Crippen LogP contribution in [0, 0.1) is 0 Å². The minimum atomic E-state index is 0.605. The SMILES string of the molecule is COc1ccnc(CNC2CCCCCCC2)c1OC. The molecule has 1 aliphatic rings. The first-order chi connectivity index (χ1) is 9.85. The molecule has 0 spiro atoms. The van der Waals surface area contributed by atoms with E-state index in [1.54, 1.807) is 20.4 Å². The maximum atomic E-state index is 5.42. The van der Waals surface area contributed by atoms with Gasteiger partial charge in [-0.25, -0.2) is 0 Å². The molecule has 0 unspecified atom stereocenters. The Labute approximate surface area is 121 Å². The summed E-state index contributed by atoms with van der Waals surface area (Å²) in [5.74, 6) is 1.49. The van der Waals surface area contributed by atoms with E-state index in [1.165, 1.54) is 44.9 Å². The van der Waals surface area contributed by atoms with Gasteiger partial charge in [-0.3, -0.25) is 4.98 Å². The summed E-state index contributed by atoms with van der Waals surface area (Å²) in [5.41, 5.74) is 0.925. The van der Waals surface area contributed by atoms with Gasteiger partial charge >= 0.3 is 0 Å². The summed E-state index contributed by atoms with van der Waals surface area (Å²) in [6, 6.07) is 2.44. The second kappa shape index (κ2) is 8.10. The van der Waals surface area contributed by atoms with Gasteiger partial charge in [-0.1, -0.05) is 32.1 Å². The number of nitrogens with one attached hydrogen (secondary N) is 1. The molecule has 0 radical (unpaired) electrons. The van der Waals surface area contributed by atoms with Crippen molar-refractivity contribution in [1.82, 2.24) is 10.3 Å². The van der Waals surface area contributed by atoms with E-state index < -0.39 is 0 Å². The monoisotopic (exact) mass is 278 g/mol. The largest absolute Gasteiger partial charge is 0.493 e. The molecule has 0 aliphatic heterocycles. The van der Waals surface area contributed by atoms with Gasteiger partial charge in [0.2, 0.25) is 0 Å². The van der Waals surface area contributed by atoms with Gasteiger partial charge in [-0.15, -0.1) is 0 Å². The molecule has 0 bridgehead atoms. The smallest absolute Gasteiger partial charge is 0.183 e. The van der Waals surface area contributed by atoms with Crippen molar-refractivity contribution in [2.24, 2.45) is 0 Å². The molecule has 0 amide bonds. The van der Waals surface area contributed by atoms with Gasteiger partial charge in [0.25, 0.3) is 0 Å². The van der Waals surface area contributed by atoms with Gasteiger partial charge < -0.3 is 14.8 Å². The fraction of sp³-hybridized carbons (Fsp3) is 0.688. The van der Waals surface area contributed by atoms with Crippen LogP contribution in [0.25, 0.3) is 0 Å². The Bertz CT molecular complexity index is 401. The fourth-order valence-electron chi connectivity index (χ4n) is 2.88. The lowest BCUT2D eigenvalue weighted by Crippen LogP contribution is -2.29. The van der Waals surface area contributed by atoms with E-state index in [2.05, 4.69) is 10.3 Å². The predicted octanol–water partition coefficient (Wildman–Crippen LogP) is 3.30. The molecule has 1 aliphatic carbocycles. The maximum Gasteiger partial charge on any atom is 0.183 e. The number of rotatable bonds is 5. The van der Waals surface area contributed by atoms with Gasteiger partial charge in [0.15, 0.2) is 11.5 Å². The zero-order valence-corrected chi connectivity index (χ0v) is 12.7. The van der Waals surface area contributed by atoms with Gasteiger partial charge in [-0.2, -0.15) is 0 Å². The number of pyridine rings is 1. The Morgan fingerprint density at radius 2 is 1.80 bits per heavy atom. The molecular formula is C16H26N2O2. The lowest BCUT2D eigenvalue weighted by atomic mass is 9.97. The van der Waals surface area contributed by atoms with Crippen LogP contribution in [-0.4, -0.2) is 25.2 Å². The van der Waals surface area contributed by atoms with Crippen molar-refractivity contribution in [3.63, 3.8) is 0 Å². The predicted molar refractivity (Wildman–Crippen MR) is 80.3 cm³/mol. The van der Waals surface area contributed by atoms with E-state index in [4.69, 9.17) is 9.47 Å². The first kappa shape index (κ1) is 15.1. The van der Waals surface area contributed by atoms with Crippen LogP contribution in [0.1, 0.15) is 50.6 Å². The highest BCUT2D eigenvalue weighted by atomic mass is 16.5. The van der Waals surface area contributed by atoms with Crippen LogP contribution in [-0.2, 0) is 6.54 Å². The Kier molecular flexibility index (Phi) is 6.12. The topological polar surface area (TPSA) is 43.4 Å². The highest BCUT2D eigenvalue weighted by Gasteiger charge is 2.14. The van der Waals surface area contributed by atoms with Gasteiger partial charge in [0.05, 0.1) is 19.9 Å². The number of hydrogen-bond donors (Lipinski definition) is 1. The Hall–Kier alpha value is -1.29. The molecular weight excluding hydrogens is 252 g/mol. The van der Waals surface area contributed by atoms with Crippen molar-refractivity contribution in [2.45, 2.75) is 57.5 Å². The fourth-order valence-corrected chi connectivity index (χ4v) is 2.88. The van der Waals surface area contributed by atoms with E-state index in [-0.39, 0.29) is 0 Å².